The van der Waals surface area contributed by atoms with Crippen LogP contribution in [0, 0.1) is 0 Å². The summed E-state index contributed by atoms with van der Waals surface area (Å²) in [6, 6.07) is 10.4. The number of H-pyrrole nitrogens is 1. The standard InChI is InChI=1S/C16H14N2O4S/c1-21-11-4-3-5-12(22-2)14(11)15(19)17-9-6-7-10-13(8-9)23-16(20)18-10/h3-8H,1-2H3,(H,17,19)(H,18,20). The smallest absolute Gasteiger partial charge is 0.305 e. The molecule has 0 atom stereocenters. The molecular weight excluding hydrogens is 316 g/mol. The van der Waals surface area contributed by atoms with Gasteiger partial charge in [-0.05, 0) is 30.3 Å². The number of carbonyl (C=O) groups excluding carboxylic acids is 1. The van der Waals surface area contributed by atoms with E-state index in [4.69, 9.17) is 9.47 Å². The zero-order chi connectivity index (χ0) is 16.4. The number of hydrogen-bond acceptors (Lipinski definition) is 5. The van der Waals surface area contributed by atoms with Crippen molar-refractivity contribution < 1.29 is 14.3 Å². The number of aromatic nitrogens is 1. The summed E-state index contributed by atoms with van der Waals surface area (Å²) in [6.45, 7) is 0. The number of fused-ring (bicyclic) bond motifs is 1. The average Bonchev–Trinajstić information content (AvgIpc) is 2.93. The molecule has 0 aliphatic carbocycles. The summed E-state index contributed by atoms with van der Waals surface area (Å²) in [4.78, 5) is 26.5. The molecule has 0 fully saturated rings. The highest BCUT2D eigenvalue weighted by atomic mass is 32.1. The fraction of sp³-hybridized carbons (Fsp3) is 0.125. The number of benzene rings is 2. The molecule has 2 N–H and O–H groups in total. The van der Waals surface area contributed by atoms with Crippen LogP contribution in [0.4, 0.5) is 5.69 Å². The number of nitrogens with one attached hydrogen (secondary N) is 2. The van der Waals surface area contributed by atoms with E-state index in [0.29, 0.717) is 22.7 Å². The fourth-order valence-electron chi connectivity index (χ4n) is 2.29. The Balaban J connectivity index is 1.95. The second-order valence-electron chi connectivity index (χ2n) is 4.72. The highest BCUT2D eigenvalue weighted by Crippen LogP contribution is 2.29. The maximum atomic E-state index is 12.6. The first kappa shape index (κ1) is 15.1. The van der Waals surface area contributed by atoms with E-state index in [9.17, 15) is 9.59 Å². The molecule has 0 spiro atoms. The zero-order valence-electron chi connectivity index (χ0n) is 12.5. The van der Waals surface area contributed by atoms with Gasteiger partial charge >= 0.3 is 4.87 Å². The number of ether oxygens (including phenoxy) is 2. The van der Waals surface area contributed by atoms with Crippen LogP contribution in [0.3, 0.4) is 0 Å². The molecule has 118 valence electrons. The SMILES string of the molecule is COc1cccc(OC)c1C(=O)Nc1ccc2[nH]c(=O)sc2c1. The van der Waals surface area contributed by atoms with Crippen molar-refractivity contribution in [2.45, 2.75) is 0 Å². The lowest BCUT2D eigenvalue weighted by Gasteiger charge is -2.13. The van der Waals surface area contributed by atoms with Crippen molar-refractivity contribution in [3.05, 3.63) is 51.6 Å². The summed E-state index contributed by atoms with van der Waals surface area (Å²) < 4.78 is 11.2. The van der Waals surface area contributed by atoms with Crippen LogP contribution < -0.4 is 19.7 Å². The van der Waals surface area contributed by atoms with E-state index in [0.717, 1.165) is 21.6 Å². The zero-order valence-corrected chi connectivity index (χ0v) is 13.3. The van der Waals surface area contributed by atoms with Gasteiger partial charge in [0.2, 0.25) is 0 Å². The second kappa shape index (κ2) is 6.13. The van der Waals surface area contributed by atoms with Crippen LogP contribution in [0.2, 0.25) is 0 Å². The third-order valence-electron chi connectivity index (χ3n) is 3.33. The van der Waals surface area contributed by atoms with Gasteiger partial charge in [0.1, 0.15) is 17.1 Å². The first-order valence-electron chi connectivity index (χ1n) is 6.77. The molecular formula is C16H14N2O4S. The molecule has 1 heterocycles. The van der Waals surface area contributed by atoms with Crippen LogP contribution in [-0.2, 0) is 0 Å². The van der Waals surface area contributed by atoms with Crippen molar-refractivity contribution in [2.75, 3.05) is 19.5 Å². The van der Waals surface area contributed by atoms with E-state index in [2.05, 4.69) is 10.3 Å². The number of aromatic amines is 1. The van der Waals surface area contributed by atoms with E-state index < -0.39 is 0 Å². The van der Waals surface area contributed by atoms with Crippen LogP contribution in [0.5, 0.6) is 11.5 Å². The van der Waals surface area contributed by atoms with E-state index in [1.54, 1.807) is 36.4 Å². The maximum Gasteiger partial charge on any atom is 0.305 e. The van der Waals surface area contributed by atoms with Crippen LogP contribution in [0.15, 0.2) is 41.2 Å². The van der Waals surface area contributed by atoms with Gasteiger partial charge in [-0.2, -0.15) is 0 Å². The molecule has 0 aliphatic heterocycles. The first-order valence-corrected chi connectivity index (χ1v) is 7.59. The van der Waals surface area contributed by atoms with E-state index in [1.165, 1.54) is 14.2 Å². The number of carbonyl (C=O) groups is 1. The van der Waals surface area contributed by atoms with Crippen molar-refractivity contribution in [3.8, 4) is 11.5 Å². The monoisotopic (exact) mass is 330 g/mol. The average molecular weight is 330 g/mol. The Bertz CT molecular complexity index is 907. The third kappa shape index (κ3) is 2.91. The molecule has 0 saturated carbocycles. The topological polar surface area (TPSA) is 80.4 Å². The Morgan fingerprint density at radius 3 is 2.48 bits per heavy atom. The lowest BCUT2D eigenvalue weighted by Crippen LogP contribution is -2.14. The Labute approximate surface area is 135 Å². The minimum atomic E-state index is -0.346. The summed E-state index contributed by atoms with van der Waals surface area (Å²) in [5, 5.41) is 2.80. The van der Waals surface area contributed by atoms with Crippen molar-refractivity contribution in [2.24, 2.45) is 0 Å². The molecule has 3 aromatic rings. The lowest BCUT2D eigenvalue weighted by atomic mass is 10.1. The molecule has 1 amide bonds. The Hall–Kier alpha value is -2.80. The number of rotatable bonds is 4. The Morgan fingerprint density at radius 1 is 1.13 bits per heavy atom. The van der Waals surface area contributed by atoms with Gasteiger partial charge in [-0.3, -0.25) is 9.59 Å². The number of anilines is 1. The molecule has 0 unspecified atom stereocenters. The Kier molecular flexibility index (Phi) is 4.03. The van der Waals surface area contributed by atoms with Crippen molar-refractivity contribution >= 4 is 33.1 Å². The van der Waals surface area contributed by atoms with Gasteiger partial charge in [0.05, 0.1) is 24.4 Å². The minimum Gasteiger partial charge on any atom is -0.496 e. The van der Waals surface area contributed by atoms with E-state index >= 15 is 0 Å². The summed E-state index contributed by atoms with van der Waals surface area (Å²) in [5.74, 6) is 0.505. The first-order chi connectivity index (χ1) is 11.1. The van der Waals surface area contributed by atoms with Gasteiger partial charge in [0, 0.05) is 5.69 Å². The predicted octanol–water partition coefficient (Wildman–Crippen LogP) is 2.86. The van der Waals surface area contributed by atoms with Crippen LogP contribution in [0.1, 0.15) is 10.4 Å². The lowest BCUT2D eigenvalue weighted by molar-refractivity contribution is 0.102. The molecule has 2 aromatic carbocycles. The molecule has 0 saturated heterocycles. The molecule has 3 rings (SSSR count). The molecule has 23 heavy (non-hydrogen) atoms. The largest absolute Gasteiger partial charge is 0.496 e. The van der Waals surface area contributed by atoms with Gasteiger partial charge < -0.3 is 19.8 Å². The minimum absolute atomic E-state index is 0.130. The molecule has 0 bridgehead atoms. The third-order valence-corrected chi connectivity index (χ3v) is 4.18. The molecule has 1 aromatic heterocycles. The van der Waals surface area contributed by atoms with Gasteiger partial charge in [0.15, 0.2) is 0 Å². The van der Waals surface area contributed by atoms with Crippen molar-refractivity contribution in [1.82, 2.24) is 4.98 Å². The summed E-state index contributed by atoms with van der Waals surface area (Å²) in [5.41, 5.74) is 1.65. The predicted molar refractivity (Wildman–Crippen MR) is 89.9 cm³/mol. The van der Waals surface area contributed by atoms with Gasteiger partial charge in [-0.15, -0.1) is 0 Å². The number of hydrogen-bond donors (Lipinski definition) is 2. The van der Waals surface area contributed by atoms with Gasteiger partial charge in [-0.1, -0.05) is 17.4 Å². The quantitative estimate of drug-likeness (QED) is 0.771. The normalized spacial score (nSPS) is 10.5. The summed E-state index contributed by atoms with van der Waals surface area (Å²) in [6.07, 6.45) is 0. The highest BCUT2D eigenvalue weighted by Gasteiger charge is 2.18. The van der Waals surface area contributed by atoms with Crippen LogP contribution in [0.25, 0.3) is 10.2 Å². The summed E-state index contributed by atoms with van der Waals surface area (Å²) >= 11 is 1.09. The molecule has 0 radical (unpaired) electrons. The number of amides is 1. The maximum absolute atomic E-state index is 12.6. The van der Waals surface area contributed by atoms with E-state index in [-0.39, 0.29) is 10.8 Å². The fourth-order valence-corrected chi connectivity index (χ4v) is 3.07. The van der Waals surface area contributed by atoms with Crippen LogP contribution in [-0.4, -0.2) is 25.1 Å². The van der Waals surface area contributed by atoms with Gasteiger partial charge in [0.25, 0.3) is 5.91 Å². The molecule has 6 nitrogen and oxygen atoms in total. The van der Waals surface area contributed by atoms with Crippen LogP contribution >= 0.6 is 11.3 Å². The van der Waals surface area contributed by atoms with Gasteiger partial charge in [-0.25, -0.2) is 0 Å². The van der Waals surface area contributed by atoms with E-state index in [1.807, 2.05) is 0 Å². The molecule has 0 aliphatic rings. The number of methoxy groups -OCH3 is 2. The highest BCUT2D eigenvalue weighted by molar-refractivity contribution is 7.16. The van der Waals surface area contributed by atoms with Crippen molar-refractivity contribution in [3.63, 3.8) is 0 Å². The second-order valence-corrected chi connectivity index (χ2v) is 5.73. The summed E-state index contributed by atoms with van der Waals surface area (Å²) in [7, 11) is 2.99. The molecule has 7 heteroatoms. The Morgan fingerprint density at radius 2 is 1.83 bits per heavy atom. The number of thiazole rings is 1. The van der Waals surface area contributed by atoms with Crippen molar-refractivity contribution in [1.29, 1.82) is 0 Å².